The molecule has 0 heterocycles. The van der Waals surface area contributed by atoms with Gasteiger partial charge in [0.05, 0.1) is 11.6 Å². The van der Waals surface area contributed by atoms with E-state index in [1.54, 1.807) is 18.2 Å². The first-order chi connectivity index (χ1) is 9.93. The molecule has 1 atom stereocenters. The fraction of sp³-hybridized carbons (Fsp3) is 0.125. The van der Waals surface area contributed by atoms with Gasteiger partial charge in [-0.3, -0.25) is 4.79 Å². The number of hydrogen-bond donors (Lipinski definition) is 0. The average molecular weight is 350 g/mol. The van der Waals surface area contributed by atoms with Crippen molar-refractivity contribution >= 4 is 21.7 Å². The van der Waals surface area contributed by atoms with Crippen LogP contribution in [-0.2, 0) is 0 Å². The zero-order valence-corrected chi connectivity index (χ0v) is 12.6. The van der Waals surface area contributed by atoms with Crippen LogP contribution in [0, 0.1) is 29.9 Å². The van der Waals surface area contributed by atoms with Crippen molar-refractivity contribution in [3.05, 3.63) is 69.2 Å². The van der Waals surface area contributed by atoms with Crippen LogP contribution in [-0.4, -0.2) is 5.78 Å². The topological polar surface area (TPSA) is 40.9 Å². The summed E-state index contributed by atoms with van der Waals surface area (Å²) in [6.07, 6.45) is 0. The monoisotopic (exact) mass is 349 g/mol. The normalized spacial score (nSPS) is 11.8. The molecule has 0 aliphatic rings. The van der Waals surface area contributed by atoms with Gasteiger partial charge in [-0.1, -0.05) is 45.8 Å². The molecule has 0 aliphatic carbocycles. The molecule has 1 unspecified atom stereocenters. The highest BCUT2D eigenvalue weighted by molar-refractivity contribution is 9.10. The van der Waals surface area contributed by atoms with E-state index in [0.29, 0.717) is 5.56 Å². The number of hydrogen-bond acceptors (Lipinski definition) is 2. The maximum atomic E-state index is 13.9. The Morgan fingerprint density at radius 3 is 2.38 bits per heavy atom. The molecule has 2 aromatic rings. The van der Waals surface area contributed by atoms with E-state index in [4.69, 9.17) is 0 Å². The summed E-state index contributed by atoms with van der Waals surface area (Å²) < 4.78 is 27.9. The van der Waals surface area contributed by atoms with Crippen LogP contribution >= 0.6 is 15.9 Å². The third-order valence-electron chi connectivity index (χ3n) is 3.02. The average Bonchev–Trinajstić information content (AvgIpc) is 2.38. The molecule has 0 aromatic heterocycles. The highest BCUT2D eigenvalue weighted by Crippen LogP contribution is 2.26. The van der Waals surface area contributed by atoms with Crippen LogP contribution in [0.15, 0.2) is 40.9 Å². The van der Waals surface area contributed by atoms with E-state index in [1.165, 1.54) is 0 Å². The maximum absolute atomic E-state index is 13.9. The van der Waals surface area contributed by atoms with Gasteiger partial charge in [-0.05, 0) is 24.6 Å². The Hall–Kier alpha value is -2.06. The number of aryl methyl sites for hydroxylation is 1. The molecule has 2 aromatic carbocycles. The molecule has 0 saturated heterocycles. The van der Waals surface area contributed by atoms with Gasteiger partial charge in [0, 0.05) is 4.47 Å². The summed E-state index contributed by atoms with van der Waals surface area (Å²) in [5, 5.41) is 9.21. The summed E-state index contributed by atoms with van der Waals surface area (Å²) >= 11 is 2.95. The summed E-state index contributed by atoms with van der Waals surface area (Å²) in [5.41, 5.74) is 0.591. The van der Waals surface area contributed by atoms with E-state index in [1.807, 2.05) is 19.1 Å². The number of ketones is 1. The molecule has 106 valence electrons. The lowest BCUT2D eigenvalue weighted by molar-refractivity contribution is 0.0970. The van der Waals surface area contributed by atoms with Crippen molar-refractivity contribution in [1.82, 2.24) is 0 Å². The van der Waals surface area contributed by atoms with Crippen LogP contribution in [0.2, 0.25) is 0 Å². The molecule has 0 amide bonds. The first-order valence-electron chi connectivity index (χ1n) is 6.09. The van der Waals surface area contributed by atoms with Gasteiger partial charge >= 0.3 is 0 Å². The zero-order valence-electron chi connectivity index (χ0n) is 11.0. The predicted octanol–water partition coefficient (Wildman–Crippen LogP) is 4.53. The largest absolute Gasteiger partial charge is 0.292 e. The summed E-state index contributed by atoms with van der Waals surface area (Å²) in [4.78, 5) is 12.3. The number of nitriles is 1. The van der Waals surface area contributed by atoms with Crippen LogP contribution < -0.4 is 0 Å². The predicted molar refractivity (Wildman–Crippen MR) is 77.9 cm³/mol. The fourth-order valence-corrected chi connectivity index (χ4v) is 2.46. The fourth-order valence-electron chi connectivity index (χ4n) is 2.06. The molecule has 2 nitrogen and oxygen atoms in total. The molecule has 0 aliphatic heterocycles. The van der Waals surface area contributed by atoms with Crippen molar-refractivity contribution in [3.8, 4) is 6.07 Å². The highest BCUT2D eigenvalue weighted by atomic mass is 79.9. The van der Waals surface area contributed by atoms with Crippen LogP contribution in [0.5, 0.6) is 0 Å². The standard InChI is InChI=1S/C16H10BrF2NO/c1-9-3-2-4-10(5-9)12(8-20)16(21)15-13(18)6-11(17)7-14(15)19/h2-7,12H,1H3. The second-order valence-electron chi connectivity index (χ2n) is 4.58. The van der Waals surface area contributed by atoms with Crippen molar-refractivity contribution in [1.29, 1.82) is 5.26 Å². The van der Waals surface area contributed by atoms with Gasteiger partial charge in [0.1, 0.15) is 17.6 Å². The van der Waals surface area contributed by atoms with Gasteiger partial charge in [0.25, 0.3) is 0 Å². The lowest BCUT2D eigenvalue weighted by atomic mass is 9.90. The van der Waals surface area contributed by atoms with E-state index < -0.39 is 28.9 Å². The molecule has 0 radical (unpaired) electrons. The van der Waals surface area contributed by atoms with Crippen molar-refractivity contribution in [2.75, 3.05) is 0 Å². The number of benzene rings is 2. The minimum atomic E-state index is -1.24. The highest BCUT2D eigenvalue weighted by Gasteiger charge is 2.27. The van der Waals surface area contributed by atoms with E-state index in [9.17, 15) is 18.8 Å². The minimum Gasteiger partial charge on any atom is -0.292 e. The van der Waals surface area contributed by atoms with Crippen molar-refractivity contribution < 1.29 is 13.6 Å². The smallest absolute Gasteiger partial charge is 0.190 e. The van der Waals surface area contributed by atoms with Crippen molar-refractivity contribution in [2.45, 2.75) is 12.8 Å². The van der Waals surface area contributed by atoms with Gasteiger partial charge in [0.2, 0.25) is 0 Å². The Labute approximate surface area is 129 Å². The number of nitrogens with zero attached hydrogens (tertiary/aromatic N) is 1. The molecule has 2 rings (SSSR count). The molecule has 0 fully saturated rings. The Kier molecular flexibility index (Phi) is 4.49. The second-order valence-corrected chi connectivity index (χ2v) is 5.50. The van der Waals surface area contributed by atoms with Crippen LogP contribution in [0.3, 0.4) is 0 Å². The number of carbonyl (C=O) groups is 1. The number of Topliss-reactive ketones (excluding diaryl/α,β-unsaturated/α-hetero) is 1. The first kappa shape index (κ1) is 15.3. The SMILES string of the molecule is Cc1cccc(C(C#N)C(=O)c2c(F)cc(Br)cc2F)c1. The van der Waals surface area contributed by atoms with E-state index in [2.05, 4.69) is 15.9 Å². The van der Waals surface area contributed by atoms with Gasteiger partial charge in [-0.15, -0.1) is 0 Å². The van der Waals surface area contributed by atoms with Crippen molar-refractivity contribution in [3.63, 3.8) is 0 Å². The third-order valence-corrected chi connectivity index (χ3v) is 3.48. The maximum Gasteiger partial charge on any atom is 0.190 e. The molecule has 0 N–H and O–H groups in total. The Bertz CT molecular complexity index is 729. The number of rotatable bonds is 3. The zero-order chi connectivity index (χ0) is 15.6. The van der Waals surface area contributed by atoms with E-state index in [-0.39, 0.29) is 4.47 Å². The van der Waals surface area contributed by atoms with E-state index in [0.717, 1.165) is 17.7 Å². The van der Waals surface area contributed by atoms with Crippen LogP contribution in [0.1, 0.15) is 27.4 Å². The van der Waals surface area contributed by atoms with Crippen molar-refractivity contribution in [2.24, 2.45) is 0 Å². The minimum absolute atomic E-state index is 0.193. The third kappa shape index (κ3) is 3.17. The molecule has 0 bridgehead atoms. The Morgan fingerprint density at radius 1 is 1.24 bits per heavy atom. The van der Waals surface area contributed by atoms with Gasteiger partial charge in [0.15, 0.2) is 5.78 Å². The molecular weight excluding hydrogens is 340 g/mol. The quantitative estimate of drug-likeness (QED) is 0.764. The Morgan fingerprint density at radius 2 is 1.86 bits per heavy atom. The Balaban J connectivity index is 2.50. The molecule has 5 heteroatoms. The second kappa shape index (κ2) is 6.15. The lowest BCUT2D eigenvalue weighted by Gasteiger charge is -2.11. The lowest BCUT2D eigenvalue weighted by Crippen LogP contribution is -2.15. The summed E-state index contributed by atoms with van der Waals surface area (Å²) in [5.74, 6) is -4.10. The van der Waals surface area contributed by atoms with Crippen LogP contribution in [0.4, 0.5) is 8.78 Å². The number of halogens is 3. The summed E-state index contributed by atoms with van der Waals surface area (Å²) in [7, 11) is 0. The number of carbonyl (C=O) groups excluding carboxylic acids is 1. The molecular formula is C16H10BrF2NO. The summed E-state index contributed by atoms with van der Waals surface area (Å²) in [6, 6.07) is 10.6. The van der Waals surface area contributed by atoms with Gasteiger partial charge < -0.3 is 0 Å². The molecule has 21 heavy (non-hydrogen) atoms. The van der Waals surface area contributed by atoms with Crippen LogP contribution in [0.25, 0.3) is 0 Å². The van der Waals surface area contributed by atoms with E-state index >= 15 is 0 Å². The molecule has 0 spiro atoms. The summed E-state index contributed by atoms with van der Waals surface area (Å²) in [6.45, 7) is 1.81. The van der Waals surface area contributed by atoms with Gasteiger partial charge in [-0.2, -0.15) is 5.26 Å². The van der Waals surface area contributed by atoms with Gasteiger partial charge in [-0.25, -0.2) is 8.78 Å². The first-order valence-corrected chi connectivity index (χ1v) is 6.88. The molecule has 0 saturated carbocycles.